The molecule has 0 heterocycles. The van der Waals surface area contributed by atoms with Crippen molar-refractivity contribution in [2.45, 2.75) is 33.1 Å². The quantitative estimate of drug-likeness (QED) is 0.576. The molecule has 0 saturated heterocycles. The molecule has 0 atom stereocenters. The highest BCUT2D eigenvalue weighted by Gasteiger charge is 2.14. The van der Waals surface area contributed by atoms with Crippen LogP contribution in [0.1, 0.15) is 26.7 Å². The van der Waals surface area contributed by atoms with Crippen molar-refractivity contribution in [3.63, 3.8) is 0 Å². The maximum atomic E-state index is 12.2. The van der Waals surface area contributed by atoms with Crippen LogP contribution in [0.5, 0.6) is 0 Å². The standard InChI is InChI=1S/C10H20ClF2N/c1-3-9(4-2)7-14(6-5-11)8-10(12)13/h9-10H,3-8H2,1-2H3. The van der Waals surface area contributed by atoms with Gasteiger partial charge in [-0.25, -0.2) is 8.78 Å². The van der Waals surface area contributed by atoms with E-state index in [0.717, 1.165) is 19.4 Å². The average molecular weight is 228 g/mol. The first-order chi connectivity index (χ1) is 6.63. The number of nitrogens with zero attached hydrogens (tertiary/aromatic N) is 1. The van der Waals surface area contributed by atoms with Gasteiger partial charge in [0, 0.05) is 19.0 Å². The molecule has 1 nitrogen and oxygen atoms in total. The lowest BCUT2D eigenvalue weighted by molar-refractivity contribution is 0.0823. The summed E-state index contributed by atoms with van der Waals surface area (Å²) in [6, 6.07) is 0. The molecule has 0 amide bonds. The summed E-state index contributed by atoms with van der Waals surface area (Å²) in [5, 5.41) is 0. The molecule has 4 heteroatoms. The van der Waals surface area contributed by atoms with Crippen LogP contribution in [0.4, 0.5) is 8.78 Å². The van der Waals surface area contributed by atoms with Crippen LogP contribution in [0.2, 0.25) is 0 Å². The first-order valence-electron chi connectivity index (χ1n) is 5.20. The third kappa shape index (κ3) is 6.55. The maximum absolute atomic E-state index is 12.2. The smallest absolute Gasteiger partial charge is 0.251 e. The van der Waals surface area contributed by atoms with E-state index in [4.69, 9.17) is 11.6 Å². The summed E-state index contributed by atoms with van der Waals surface area (Å²) >= 11 is 5.56. The van der Waals surface area contributed by atoms with Gasteiger partial charge in [0.05, 0.1) is 6.54 Å². The van der Waals surface area contributed by atoms with Gasteiger partial charge in [-0.3, -0.25) is 4.90 Å². The molecule has 0 aromatic carbocycles. The Kier molecular flexibility index (Phi) is 8.49. The predicted octanol–water partition coefficient (Wildman–Crippen LogP) is 3.23. The van der Waals surface area contributed by atoms with E-state index < -0.39 is 6.43 Å². The van der Waals surface area contributed by atoms with Crippen LogP contribution < -0.4 is 0 Å². The van der Waals surface area contributed by atoms with Gasteiger partial charge in [0.15, 0.2) is 0 Å². The van der Waals surface area contributed by atoms with Gasteiger partial charge in [-0.2, -0.15) is 0 Å². The molecule has 0 aliphatic rings. The van der Waals surface area contributed by atoms with Crippen molar-refractivity contribution in [3.8, 4) is 0 Å². The molecule has 86 valence electrons. The van der Waals surface area contributed by atoms with Crippen LogP contribution in [0.15, 0.2) is 0 Å². The van der Waals surface area contributed by atoms with Crippen molar-refractivity contribution in [3.05, 3.63) is 0 Å². The van der Waals surface area contributed by atoms with E-state index in [0.29, 0.717) is 18.3 Å². The lowest BCUT2D eigenvalue weighted by Crippen LogP contribution is -2.34. The van der Waals surface area contributed by atoms with Crippen LogP contribution >= 0.6 is 11.6 Å². The van der Waals surface area contributed by atoms with E-state index in [-0.39, 0.29) is 6.54 Å². The number of hydrogen-bond donors (Lipinski definition) is 0. The van der Waals surface area contributed by atoms with Crippen LogP contribution in [-0.4, -0.2) is 36.8 Å². The van der Waals surface area contributed by atoms with Crippen molar-refractivity contribution >= 4 is 11.6 Å². The molecule has 14 heavy (non-hydrogen) atoms. The van der Waals surface area contributed by atoms with Crippen LogP contribution in [-0.2, 0) is 0 Å². The molecule has 0 fully saturated rings. The first-order valence-corrected chi connectivity index (χ1v) is 5.73. The molecule has 0 aromatic heterocycles. The summed E-state index contributed by atoms with van der Waals surface area (Å²) in [6.45, 7) is 5.33. The molecule has 0 aliphatic heterocycles. The van der Waals surface area contributed by atoms with E-state index in [1.54, 1.807) is 4.90 Å². The molecule has 0 radical (unpaired) electrons. The van der Waals surface area contributed by atoms with Crippen molar-refractivity contribution in [1.29, 1.82) is 0 Å². The fourth-order valence-corrected chi connectivity index (χ4v) is 1.72. The summed E-state index contributed by atoms with van der Waals surface area (Å²) in [7, 11) is 0. The normalized spacial score (nSPS) is 12.0. The molecule has 0 N–H and O–H groups in total. The largest absolute Gasteiger partial charge is 0.296 e. The van der Waals surface area contributed by atoms with Gasteiger partial charge in [-0.15, -0.1) is 11.6 Å². The minimum Gasteiger partial charge on any atom is -0.296 e. The van der Waals surface area contributed by atoms with Gasteiger partial charge in [0.2, 0.25) is 0 Å². The van der Waals surface area contributed by atoms with Crippen LogP contribution in [0.3, 0.4) is 0 Å². The summed E-state index contributed by atoms with van der Waals surface area (Å²) < 4.78 is 24.4. The highest BCUT2D eigenvalue weighted by atomic mass is 35.5. The minimum atomic E-state index is -2.26. The van der Waals surface area contributed by atoms with E-state index >= 15 is 0 Å². The molecule has 0 aromatic rings. The van der Waals surface area contributed by atoms with Gasteiger partial charge in [-0.05, 0) is 5.92 Å². The monoisotopic (exact) mass is 227 g/mol. The first kappa shape index (κ1) is 14.1. The lowest BCUT2D eigenvalue weighted by atomic mass is 10.0. The second-order valence-electron chi connectivity index (χ2n) is 3.52. The highest BCUT2D eigenvalue weighted by Crippen LogP contribution is 2.11. The zero-order valence-electron chi connectivity index (χ0n) is 8.98. The summed E-state index contributed by atoms with van der Waals surface area (Å²) in [5.41, 5.74) is 0. The van der Waals surface area contributed by atoms with Gasteiger partial charge in [0.25, 0.3) is 6.43 Å². The third-order valence-electron chi connectivity index (χ3n) is 2.47. The van der Waals surface area contributed by atoms with Crippen molar-refractivity contribution in [1.82, 2.24) is 4.90 Å². The molecular weight excluding hydrogens is 208 g/mol. The predicted molar refractivity (Wildman–Crippen MR) is 57.2 cm³/mol. The molecule has 0 spiro atoms. The highest BCUT2D eigenvalue weighted by molar-refractivity contribution is 6.18. The summed E-state index contributed by atoms with van der Waals surface area (Å²) in [4.78, 5) is 1.76. The van der Waals surface area contributed by atoms with Gasteiger partial charge in [0.1, 0.15) is 0 Å². The Bertz CT molecular complexity index is 129. The maximum Gasteiger partial charge on any atom is 0.251 e. The number of alkyl halides is 3. The molecule has 0 aliphatic carbocycles. The van der Waals surface area contributed by atoms with Gasteiger partial charge < -0.3 is 0 Å². The summed E-state index contributed by atoms with van der Waals surface area (Å²) in [6.07, 6.45) is -0.176. The molecule has 0 saturated carbocycles. The van der Waals surface area contributed by atoms with E-state index in [9.17, 15) is 8.78 Å². The van der Waals surface area contributed by atoms with Crippen LogP contribution in [0.25, 0.3) is 0 Å². The molecule has 0 bridgehead atoms. The lowest BCUT2D eigenvalue weighted by Gasteiger charge is -2.25. The average Bonchev–Trinajstić information content (AvgIpc) is 2.13. The Morgan fingerprint density at radius 3 is 2.07 bits per heavy atom. The topological polar surface area (TPSA) is 3.24 Å². The second-order valence-corrected chi connectivity index (χ2v) is 3.90. The SMILES string of the molecule is CCC(CC)CN(CCCl)CC(F)F. The zero-order chi connectivity index (χ0) is 11.0. The second kappa shape index (κ2) is 8.42. The van der Waals surface area contributed by atoms with Gasteiger partial charge >= 0.3 is 0 Å². The van der Waals surface area contributed by atoms with Crippen molar-refractivity contribution < 1.29 is 8.78 Å². The zero-order valence-corrected chi connectivity index (χ0v) is 9.73. The number of hydrogen-bond acceptors (Lipinski definition) is 1. The van der Waals surface area contributed by atoms with Gasteiger partial charge in [-0.1, -0.05) is 26.7 Å². The Labute approximate surface area is 90.4 Å². The Balaban J connectivity index is 3.92. The van der Waals surface area contributed by atoms with E-state index in [1.165, 1.54) is 0 Å². The van der Waals surface area contributed by atoms with E-state index in [2.05, 4.69) is 13.8 Å². The Morgan fingerprint density at radius 2 is 1.71 bits per heavy atom. The van der Waals surface area contributed by atoms with E-state index in [1.807, 2.05) is 0 Å². The summed E-state index contributed by atoms with van der Waals surface area (Å²) in [5.74, 6) is 0.935. The fourth-order valence-electron chi connectivity index (χ4n) is 1.48. The third-order valence-corrected chi connectivity index (χ3v) is 2.64. The molecular formula is C10H20ClF2N. The fraction of sp³-hybridized carbons (Fsp3) is 1.00. The van der Waals surface area contributed by atoms with Crippen molar-refractivity contribution in [2.24, 2.45) is 5.92 Å². The minimum absolute atomic E-state index is 0.150. The van der Waals surface area contributed by atoms with Crippen LogP contribution in [0, 0.1) is 5.92 Å². The number of rotatable bonds is 8. The number of halogens is 3. The Morgan fingerprint density at radius 1 is 1.14 bits per heavy atom. The molecule has 0 rings (SSSR count). The molecule has 0 unspecified atom stereocenters. The van der Waals surface area contributed by atoms with Crippen molar-refractivity contribution in [2.75, 3.05) is 25.5 Å². The Hall–Kier alpha value is 0.110.